The summed E-state index contributed by atoms with van der Waals surface area (Å²) in [6, 6.07) is 13.5. The average molecular weight is 420 g/mol. The molecule has 0 radical (unpaired) electrons. The van der Waals surface area contributed by atoms with Crippen molar-refractivity contribution in [3.8, 4) is 16.9 Å². The van der Waals surface area contributed by atoms with Gasteiger partial charge in [-0.05, 0) is 54.7 Å². The largest absolute Gasteiger partial charge is 0.497 e. The zero-order valence-corrected chi connectivity index (χ0v) is 17.4. The van der Waals surface area contributed by atoms with E-state index in [-0.39, 0.29) is 30.1 Å². The second kappa shape index (κ2) is 9.12. The lowest BCUT2D eigenvalue weighted by atomic mass is 9.93. The monoisotopic (exact) mass is 420 g/mol. The predicted molar refractivity (Wildman–Crippen MR) is 117 cm³/mol. The number of carbonyl (C=O) groups is 1. The topological polar surface area (TPSA) is 81.3 Å². The van der Waals surface area contributed by atoms with E-state index >= 15 is 0 Å². The molecule has 1 fully saturated rings. The van der Waals surface area contributed by atoms with Crippen LogP contribution in [-0.4, -0.2) is 34.4 Å². The summed E-state index contributed by atoms with van der Waals surface area (Å²) in [4.78, 5) is 23.8. The molecule has 2 heterocycles. The fourth-order valence-corrected chi connectivity index (χ4v) is 4.07. The van der Waals surface area contributed by atoms with Gasteiger partial charge in [-0.25, -0.2) is 14.4 Å². The van der Waals surface area contributed by atoms with Crippen molar-refractivity contribution in [2.75, 3.05) is 19.4 Å². The summed E-state index contributed by atoms with van der Waals surface area (Å²) in [5, 5.41) is 0. The van der Waals surface area contributed by atoms with Gasteiger partial charge in [0.2, 0.25) is 11.9 Å². The summed E-state index contributed by atoms with van der Waals surface area (Å²) >= 11 is 0. The third kappa shape index (κ3) is 4.66. The predicted octanol–water partition coefficient (Wildman–Crippen LogP) is 4.17. The molecule has 0 aliphatic carbocycles. The second-order valence-electron chi connectivity index (χ2n) is 7.66. The minimum atomic E-state index is -0.313. The summed E-state index contributed by atoms with van der Waals surface area (Å²) in [5.74, 6) is 0.586. The number of amides is 1. The highest BCUT2D eigenvalue weighted by Crippen LogP contribution is 2.37. The summed E-state index contributed by atoms with van der Waals surface area (Å²) in [6.45, 7) is 0.645. The third-order valence-corrected chi connectivity index (χ3v) is 5.63. The number of nitrogen functional groups attached to an aromatic ring is 1. The molecule has 1 aliphatic rings. The normalized spacial score (nSPS) is 16.2. The SMILES string of the molecule is COc1cccc(-c2cnc(N)nc2[C@H]2CCCCN2C(=O)Cc2ccc(F)cc2)c1. The standard InChI is InChI=1S/C24H25FN4O2/c1-31-19-6-4-5-17(14-19)20-15-27-24(26)28-23(20)21-7-2-3-12-29(21)22(30)13-16-8-10-18(25)11-9-16/h4-6,8-11,14-15,21H,2-3,7,12-13H2,1H3,(H2,26,27,28)/t21-/m1/s1. The molecule has 3 aromatic rings. The van der Waals surface area contributed by atoms with E-state index in [9.17, 15) is 9.18 Å². The van der Waals surface area contributed by atoms with Gasteiger partial charge < -0.3 is 15.4 Å². The Morgan fingerprint density at radius 1 is 1.23 bits per heavy atom. The number of aromatic nitrogens is 2. The number of methoxy groups -OCH3 is 1. The number of nitrogens with zero attached hydrogens (tertiary/aromatic N) is 3. The van der Waals surface area contributed by atoms with Crippen molar-refractivity contribution in [3.63, 3.8) is 0 Å². The molecular formula is C24H25FN4O2. The van der Waals surface area contributed by atoms with Crippen molar-refractivity contribution in [2.24, 2.45) is 0 Å². The van der Waals surface area contributed by atoms with Crippen molar-refractivity contribution in [1.29, 1.82) is 0 Å². The zero-order chi connectivity index (χ0) is 21.8. The first-order chi connectivity index (χ1) is 15.0. The number of piperidine rings is 1. The maximum absolute atomic E-state index is 13.2. The Labute approximate surface area is 180 Å². The molecule has 2 aromatic carbocycles. The van der Waals surface area contributed by atoms with E-state index in [1.165, 1.54) is 12.1 Å². The van der Waals surface area contributed by atoms with Gasteiger partial charge in [0.15, 0.2) is 0 Å². The number of halogens is 1. The van der Waals surface area contributed by atoms with Crippen LogP contribution in [0, 0.1) is 5.82 Å². The van der Waals surface area contributed by atoms with Crippen molar-refractivity contribution < 1.29 is 13.9 Å². The molecule has 6 nitrogen and oxygen atoms in total. The van der Waals surface area contributed by atoms with Gasteiger partial charge in [-0.15, -0.1) is 0 Å². The van der Waals surface area contributed by atoms with Gasteiger partial charge in [-0.2, -0.15) is 0 Å². The zero-order valence-electron chi connectivity index (χ0n) is 17.4. The molecule has 4 rings (SSSR count). The van der Waals surface area contributed by atoms with Gasteiger partial charge in [0.1, 0.15) is 11.6 Å². The van der Waals surface area contributed by atoms with Crippen molar-refractivity contribution in [2.45, 2.75) is 31.7 Å². The van der Waals surface area contributed by atoms with E-state index in [1.807, 2.05) is 29.2 Å². The fourth-order valence-electron chi connectivity index (χ4n) is 4.07. The van der Waals surface area contributed by atoms with Gasteiger partial charge in [0.05, 0.1) is 25.3 Å². The van der Waals surface area contributed by atoms with Crippen molar-refractivity contribution in [3.05, 3.63) is 71.8 Å². The first kappa shape index (κ1) is 20.8. The number of benzene rings is 2. The Morgan fingerprint density at radius 2 is 2.03 bits per heavy atom. The number of carbonyl (C=O) groups excluding carboxylic acids is 1. The van der Waals surface area contributed by atoms with E-state index in [4.69, 9.17) is 10.5 Å². The summed E-state index contributed by atoms with van der Waals surface area (Å²) in [5.41, 5.74) is 9.21. The summed E-state index contributed by atoms with van der Waals surface area (Å²) < 4.78 is 18.6. The lowest BCUT2D eigenvalue weighted by molar-refractivity contribution is -0.134. The Balaban J connectivity index is 1.68. The molecule has 1 atom stereocenters. The molecule has 31 heavy (non-hydrogen) atoms. The molecular weight excluding hydrogens is 395 g/mol. The molecule has 7 heteroatoms. The van der Waals surface area contributed by atoms with Crippen LogP contribution >= 0.6 is 0 Å². The Morgan fingerprint density at radius 3 is 2.81 bits per heavy atom. The Bertz CT molecular complexity index is 1070. The highest BCUT2D eigenvalue weighted by Gasteiger charge is 2.31. The molecule has 0 saturated carbocycles. The molecule has 1 amide bonds. The van der Waals surface area contributed by atoms with Gasteiger partial charge in [0, 0.05) is 18.3 Å². The molecule has 2 N–H and O–H groups in total. The van der Waals surface area contributed by atoms with Gasteiger partial charge >= 0.3 is 0 Å². The number of hydrogen-bond donors (Lipinski definition) is 1. The van der Waals surface area contributed by atoms with Crippen LogP contribution in [0.3, 0.4) is 0 Å². The number of rotatable bonds is 5. The van der Waals surface area contributed by atoms with Gasteiger partial charge in [0.25, 0.3) is 0 Å². The molecule has 0 unspecified atom stereocenters. The highest BCUT2D eigenvalue weighted by atomic mass is 19.1. The minimum absolute atomic E-state index is 0.00918. The Hall–Kier alpha value is -3.48. The van der Waals surface area contributed by atoms with Gasteiger partial charge in [-0.3, -0.25) is 4.79 Å². The molecule has 0 bridgehead atoms. The molecule has 1 aromatic heterocycles. The van der Waals surface area contributed by atoms with E-state index in [1.54, 1.807) is 25.4 Å². The number of ether oxygens (including phenoxy) is 1. The van der Waals surface area contributed by atoms with E-state index < -0.39 is 0 Å². The highest BCUT2D eigenvalue weighted by molar-refractivity contribution is 5.80. The van der Waals surface area contributed by atoms with Crippen LogP contribution in [0.1, 0.15) is 36.6 Å². The number of nitrogens with two attached hydrogens (primary N) is 1. The third-order valence-electron chi connectivity index (χ3n) is 5.63. The first-order valence-corrected chi connectivity index (χ1v) is 10.4. The van der Waals surface area contributed by atoms with Crippen LogP contribution in [0.15, 0.2) is 54.7 Å². The fraction of sp³-hybridized carbons (Fsp3) is 0.292. The van der Waals surface area contributed by atoms with E-state index in [2.05, 4.69) is 9.97 Å². The number of likely N-dealkylation sites (tertiary alicyclic amines) is 1. The summed E-state index contributed by atoms with van der Waals surface area (Å²) in [6.07, 6.45) is 4.64. The van der Waals surface area contributed by atoms with Crippen molar-refractivity contribution in [1.82, 2.24) is 14.9 Å². The quantitative estimate of drug-likeness (QED) is 0.670. The Kier molecular flexibility index (Phi) is 6.11. The van der Waals surface area contributed by atoms with Gasteiger partial charge in [-0.1, -0.05) is 24.3 Å². The van der Waals surface area contributed by atoms with Crippen molar-refractivity contribution >= 4 is 11.9 Å². The molecule has 1 aliphatic heterocycles. The van der Waals surface area contributed by atoms with Crippen LogP contribution in [0.2, 0.25) is 0 Å². The average Bonchev–Trinajstić information content (AvgIpc) is 2.80. The number of hydrogen-bond acceptors (Lipinski definition) is 5. The minimum Gasteiger partial charge on any atom is -0.497 e. The van der Waals surface area contributed by atoms with Crippen LogP contribution in [0.5, 0.6) is 5.75 Å². The second-order valence-corrected chi connectivity index (χ2v) is 7.66. The summed E-state index contributed by atoms with van der Waals surface area (Å²) in [7, 11) is 1.62. The lowest BCUT2D eigenvalue weighted by Gasteiger charge is -2.36. The molecule has 0 spiro atoms. The molecule has 1 saturated heterocycles. The van der Waals surface area contributed by atoms with E-state index in [0.717, 1.165) is 47.4 Å². The maximum Gasteiger partial charge on any atom is 0.227 e. The van der Waals surface area contributed by atoms with Crippen LogP contribution in [0.4, 0.5) is 10.3 Å². The first-order valence-electron chi connectivity index (χ1n) is 10.4. The van der Waals surface area contributed by atoms with Crippen LogP contribution < -0.4 is 10.5 Å². The number of anilines is 1. The van der Waals surface area contributed by atoms with E-state index in [0.29, 0.717) is 6.54 Å². The lowest BCUT2D eigenvalue weighted by Crippen LogP contribution is -2.40. The molecule has 160 valence electrons. The smallest absolute Gasteiger partial charge is 0.227 e. The van der Waals surface area contributed by atoms with Crippen LogP contribution in [-0.2, 0) is 11.2 Å². The van der Waals surface area contributed by atoms with Crippen LogP contribution in [0.25, 0.3) is 11.1 Å². The maximum atomic E-state index is 13.2.